The van der Waals surface area contributed by atoms with E-state index in [1.165, 1.54) is 32.1 Å². The van der Waals surface area contributed by atoms with Crippen molar-refractivity contribution in [2.45, 2.75) is 45.4 Å². The fourth-order valence-corrected chi connectivity index (χ4v) is 1.42. The van der Waals surface area contributed by atoms with Crippen molar-refractivity contribution in [3.05, 3.63) is 12.7 Å². The van der Waals surface area contributed by atoms with Gasteiger partial charge in [-0.1, -0.05) is 25.8 Å². The molecular weight excluding hydrogens is 146 g/mol. The van der Waals surface area contributed by atoms with Crippen molar-refractivity contribution < 1.29 is 0 Å². The maximum atomic E-state index is 5.67. The van der Waals surface area contributed by atoms with Gasteiger partial charge >= 0.3 is 0 Å². The molecule has 2 N–H and O–H groups in total. The molecule has 1 unspecified atom stereocenters. The van der Waals surface area contributed by atoms with Crippen molar-refractivity contribution in [3.63, 3.8) is 0 Å². The second kappa shape index (κ2) is 8.79. The first kappa shape index (κ1) is 11.7. The minimum Gasteiger partial charge on any atom is -0.330 e. The Bertz CT molecular complexity index is 99.2. The van der Waals surface area contributed by atoms with Crippen molar-refractivity contribution in [2.24, 2.45) is 11.7 Å². The molecule has 0 aliphatic heterocycles. The lowest BCUT2D eigenvalue weighted by Gasteiger charge is -2.12. The van der Waals surface area contributed by atoms with E-state index in [2.05, 4.69) is 13.5 Å². The molecule has 1 heteroatoms. The number of hydrogen-bond acceptors (Lipinski definition) is 1. The van der Waals surface area contributed by atoms with E-state index in [0.717, 1.165) is 18.9 Å². The molecule has 0 radical (unpaired) electrons. The third-order valence-corrected chi connectivity index (χ3v) is 2.32. The highest BCUT2D eigenvalue weighted by molar-refractivity contribution is 4.68. The molecule has 0 aliphatic rings. The summed E-state index contributed by atoms with van der Waals surface area (Å²) in [6.45, 7) is 6.81. The van der Waals surface area contributed by atoms with E-state index in [4.69, 9.17) is 5.73 Å². The summed E-state index contributed by atoms with van der Waals surface area (Å²) in [5, 5.41) is 0. The third-order valence-electron chi connectivity index (χ3n) is 2.32. The first-order valence-electron chi connectivity index (χ1n) is 5.16. The Balaban J connectivity index is 3.32. The molecule has 72 valence electrons. The van der Waals surface area contributed by atoms with E-state index in [1.807, 2.05) is 6.08 Å². The summed E-state index contributed by atoms with van der Waals surface area (Å²) in [5.74, 6) is 0.755. The van der Waals surface area contributed by atoms with Gasteiger partial charge in [0, 0.05) is 0 Å². The zero-order valence-corrected chi connectivity index (χ0v) is 8.39. The van der Waals surface area contributed by atoms with Crippen molar-refractivity contribution >= 4 is 0 Å². The normalized spacial score (nSPS) is 12.8. The molecule has 0 saturated carbocycles. The molecule has 0 aromatic rings. The zero-order chi connectivity index (χ0) is 9.23. The minimum absolute atomic E-state index is 0.755. The fourth-order valence-electron chi connectivity index (χ4n) is 1.42. The quantitative estimate of drug-likeness (QED) is 0.438. The zero-order valence-electron chi connectivity index (χ0n) is 8.39. The van der Waals surface area contributed by atoms with E-state index in [0.29, 0.717) is 0 Å². The van der Waals surface area contributed by atoms with Crippen LogP contribution in [0.3, 0.4) is 0 Å². The van der Waals surface area contributed by atoms with Crippen LogP contribution in [0.1, 0.15) is 45.4 Å². The molecule has 1 atom stereocenters. The molecule has 0 saturated heterocycles. The van der Waals surface area contributed by atoms with Crippen molar-refractivity contribution in [1.29, 1.82) is 0 Å². The van der Waals surface area contributed by atoms with Gasteiger partial charge in [-0.05, 0) is 38.1 Å². The molecule has 0 heterocycles. The van der Waals surface area contributed by atoms with Gasteiger partial charge in [0.05, 0.1) is 0 Å². The third kappa shape index (κ3) is 6.41. The average Bonchev–Trinajstić information content (AvgIpc) is 2.11. The summed E-state index contributed by atoms with van der Waals surface area (Å²) in [5.41, 5.74) is 5.67. The maximum Gasteiger partial charge on any atom is -0.00489 e. The van der Waals surface area contributed by atoms with Crippen molar-refractivity contribution in [1.82, 2.24) is 0 Å². The van der Waals surface area contributed by atoms with Crippen LogP contribution >= 0.6 is 0 Å². The monoisotopic (exact) mass is 169 g/mol. The van der Waals surface area contributed by atoms with Crippen LogP contribution in [0.2, 0.25) is 0 Å². The summed E-state index contributed by atoms with van der Waals surface area (Å²) < 4.78 is 0. The summed E-state index contributed by atoms with van der Waals surface area (Å²) in [6, 6.07) is 0. The van der Waals surface area contributed by atoms with Crippen LogP contribution in [0.25, 0.3) is 0 Å². The summed E-state index contributed by atoms with van der Waals surface area (Å²) in [6.07, 6.45) is 9.60. The van der Waals surface area contributed by atoms with Crippen molar-refractivity contribution in [3.8, 4) is 0 Å². The SMILES string of the molecule is C=CCCCC(CN)CCCC. The van der Waals surface area contributed by atoms with Gasteiger partial charge in [0.25, 0.3) is 0 Å². The van der Waals surface area contributed by atoms with Crippen LogP contribution in [-0.2, 0) is 0 Å². The van der Waals surface area contributed by atoms with E-state index < -0.39 is 0 Å². The summed E-state index contributed by atoms with van der Waals surface area (Å²) in [4.78, 5) is 0. The van der Waals surface area contributed by atoms with E-state index >= 15 is 0 Å². The second-order valence-electron chi connectivity index (χ2n) is 3.46. The fraction of sp³-hybridized carbons (Fsp3) is 0.818. The van der Waals surface area contributed by atoms with Crippen LogP contribution in [0.5, 0.6) is 0 Å². The Hall–Kier alpha value is -0.300. The standard InChI is InChI=1S/C11H23N/c1-3-5-7-9-11(10-12)8-6-4-2/h3,11H,1,4-10,12H2,2H3. The maximum absolute atomic E-state index is 5.67. The van der Waals surface area contributed by atoms with Crippen LogP contribution in [0, 0.1) is 5.92 Å². The number of allylic oxidation sites excluding steroid dienone is 1. The molecule has 1 nitrogen and oxygen atoms in total. The Morgan fingerprint density at radius 2 is 2.00 bits per heavy atom. The highest BCUT2D eigenvalue weighted by Gasteiger charge is 2.04. The molecule has 12 heavy (non-hydrogen) atoms. The Morgan fingerprint density at radius 3 is 2.50 bits per heavy atom. The lowest BCUT2D eigenvalue weighted by Crippen LogP contribution is -2.14. The van der Waals surface area contributed by atoms with Crippen LogP contribution in [-0.4, -0.2) is 6.54 Å². The Labute approximate surface area is 77.0 Å². The van der Waals surface area contributed by atoms with Crippen LogP contribution in [0.15, 0.2) is 12.7 Å². The molecule has 0 aliphatic carbocycles. The summed E-state index contributed by atoms with van der Waals surface area (Å²) in [7, 11) is 0. The van der Waals surface area contributed by atoms with Gasteiger partial charge in [0.1, 0.15) is 0 Å². The Kier molecular flexibility index (Phi) is 8.57. The Morgan fingerprint density at radius 1 is 1.33 bits per heavy atom. The molecule has 0 aromatic heterocycles. The number of nitrogens with two attached hydrogens (primary N) is 1. The molecular formula is C11H23N. The van der Waals surface area contributed by atoms with Gasteiger partial charge in [-0.2, -0.15) is 0 Å². The topological polar surface area (TPSA) is 26.0 Å². The van der Waals surface area contributed by atoms with E-state index in [1.54, 1.807) is 0 Å². The predicted octanol–water partition coefficient (Wildman–Crippen LogP) is 3.11. The van der Waals surface area contributed by atoms with E-state index in [9.17, 15) is 0 Å². The van der Waals surface area contributed by atoms with Crippen molar-refractivity contribution in [2.75, 3.05) is 6.54 Å². The minimum atomic E-state index is 0.755. The van der Waals surface area contributed by atoms with Gasteiger partial charge in [0.2, 0.25) is 0 Å². The highest BCUT2D eigenvalue weighted by atomic mass is 14.5. The highest BCUT2D eigenvalue weighted by Crippen LogP contribution is 2.14. The molecule has 0 fully saturated rings. The van der Waals surface area contributed by atoms with E-state index in [-0.39, 0.29) is 0 Å². The number of rotatable bonds is 8. The van der Waals surface area contributed by atoms with Gasteiger partial charge < -0.3 is 5.73 Å². The molecule has 0 spiro atoms. The van der Waals surface area contributed by atoms with Gasteiger partial charge in [-0.15, -0.1) is 6.58 Å². The molecule has 0 rings (SSSR count). The number of hydrogen-bond donors (Lipinski definition) is 1. The molecule has 0 amide bonds. The first-order chi connectivity index (χ1) is 5.85. The summed E-state index contributed by atoms with van der Waals surface area (Å²) >= 11 is 0. The lowest BCUT2D eigenvalue weighted by atomic mass is 9.96. The van der Waals surface area contributed by atoms with Crippen LogP contribution < -0.4 is 5.73 Å². The molecule has 0 aromatic carbocycles. The lowest BCUT2D eigenvalue weighted by molar-refractivity contribution is 0.432. The average molecular weight is 169 g/mol. The first-order valence-corrected chi connectivity index (χ1v) is 5.16. The second-order valence-corrected chi connectivity index (χ2v) is 3.46. The predicted molar refractivity (Wildman–Crippen MR) is 56.1 cm³/mol. The van der Waals surface area contributed by atoms with Gasteiger partial charge in [-0.3, -0.25) is 0 Å². The van der Waals surface area contributed by atoms with Gasteiger partial charge in [0.15, 0.2) is 0 Å². The smallest absolute Gasteiger partial charge is 0.00489 e. The van der Waals surface area contributed by atoms with Gasteiger partial charge in [-0.25, -0.2) is 0 Å². The van der Waals surface area contributed by atoms with Crippen LogP contribution in [0.4, 0.5) is 0 Å². The molecule has 0 bridgehead atoms. The number of unbranched alkanes of at least 4 members (excludes halogenated alkanes) is 2. The largest absolute Gasteiger partial charge is 0.330 e.